The number of carbonyl (C=O) groups is 1. The molecule has 0 bridgehead atoms. The van der Waals surface area contributed by atoms with E-state index in [2.05, 4.69) is 26.6 Å². The summed E-state index contributed by atoms with van der Waals surface area (Å²) in [5, 5.41) is 42.3. The van der Waals surface area contributed by atoms with Gasteiger partial charge >= 0.3 is 0 Å². The summed E-state index contributed by atoms with van der Waals surface area (Å²) in [6, 6.07) is 13.2. The summed E-state index contributed by atoms with van der Waals surface area (Å²) in [7, 11) is 1.45. The first kappa shape index (κ1) is 26.2. The van der Waals surface area contributed by atoms with Crippen LogP contribution in [0.3, 0.4) is 0 Å². The Morgan fingerprint density at radius 3 is 2.82 bits per heavy atom. The standard InChI is InChI=1S/C26H20N6O5S2/c1-13-7-18(19-10-16(32(35)36)4-6-21(19)37-2)20(12-28-13)24(34)29-25-30-31-26(39-25)38-22-9-15-8-14(11-27)3-5-17(15)23(22)33/h3-8,10,12,22-23,33H,9H2,1-2H3,(H,29,30,34)/t22-,23+/m0/s1. The number of hydrogen-bond acceptors (Lipinski definition) is 11. The number of aliphatic hydroxyl groups excluding tert-OH is 1. The Hall–Kier alpha value is -4.38. The highest BCUT2D eigenvalue weighted by Crippen LogP contribution is 2.43. The molecule has 2 atom stereocenters. The highest BCUT2D eigenvalue weighted by atomic mass is 32.2. The van der Waals surface area contributed by atoms with Crippen molar-refractivity contribution in [3.05, 3.63) is 86.7 Å². The maximum atomic E-state index is 13.3. The first-order chi connectivity index (χ1) is 18.8. The second kappa shape index (κ2) is 10.8. The Kier molecular flexibility index (Phi) is 7.25. The molecular weight excluding hydrogens is 540 g/mol. The van der Waals surface area contributed by atoms with Crippen LogP contribution in [0.1, 0.15) is 38.8 Å². The van der Waals surface area contributed by atoms with Crippen LogP contribution in [0.25, 0.3) is 11.1 Å². The van der Waals surface area contributed by atoms with Crippen LogP contribution in [0.15, 0.2) is 53.0 Å². The number of aryl methyl sites for hydroxylation is 1. The number of benzene rings is 2. The molecule has 0 aliphatic heterocycles. The Labute approximate surface area is 230 Å². The summed E-state index contributed by atoms with van der Waals surface area (Å²) >= 11 is 2.51. The van der Waals surface area contributed by atoms with Crippen molar-refractivity contribution in [1.29, 1.82) is 5.26 Å². The summed E-state index contributed by atoms with van der Waals surface area (Å²) in [6.45, 7) is 1.75. The summed E-state index contributed by atoms with van der Waals surface area (Å²) in [4.78, 5) is 28.4. The van der Waals surface area contributed by atoms with E-state index in [1.807, 2.05) is 0 Å². The number of hydrogen-bond donors (Lipinski definition) is 2. The number of thioether (sulfide) groups is 1. The second-order valence-corrected chi connectivity index (χ2v) is 11.1. The maximum absolute atomic E-state index is 13.3. The smallest absolute Gasteiger partial charge is 0.270 e. The molecule has 1 aliphatic rings. The van der Waals surface area contributed by atoms with Crippen molar-refractivity contribution in [1.82, 2.24) is 15.2 Å². The number of nitro groups is 1. The van der Waals surface area contributed by atoms with Crippen molar-refractivity contribution in [2.45, 2.75) is 29.0 Å². The predicted octanol–water partition coefficient (Wildman–Crippen LogP) is 4.70. The van der Waals surface area contributed by atoms with Crippen molar-refractivity contribution in [3.63, 3.8) is 0 Å². The molecule has 2 aromatic carbocycles. The van der Waals surface area contributed by atoms with E-state index >= 15 is 0 Å². The number of pyridine rings is 1. The number of aliphatic hydroxyl groups is 1. The van der Waals surface area contributed by atoms with Crippen LogP contribution < -0.4 is 10.1 Å². The number of non-ortho nitro benzene ring substituents is 1. The molecule has 196 valence electrons. The van der Waals surface area contributed by atoms with E-state index in [4.69, 9.17) is 10.00 Å². The number of carbonyl (C=O) groups excluding carboxylic acids is 1. The Morgan fingerprint density at radius 1 is 1.26 bits per heavy atom. The summed E-state index contributed by atoms with van der Waals surface area (Å²) in [6.07, 6.45) is 1.25. The summed E-state index contributed by atoms with van der Waals surface area (Å²) < 4.78 is 5.97. The van der Waals surface area contributed by atoms with E-state index in [1.165, 1.54) is 43.3 Å². The first-order valence-corrected chi connectivity index (χ1v) is 13.3. The lowest BCUT2D eigenvalue weighted by Gasteiger charge is -2.13. The zero-order valence-corrected chi connectivity index (χ0v) is 22.2. The van der Waals surface area contributed by atoms with E-state index in [9.17, 15) is 20.0 Å². The lowest BCUT2D eigenvalue weighted by Crippen LogP contribution is -2.14. The molecular formula is C26H20N6O5S2. The van der Waals surface area contributed by atoms with Gasteiger partial charge in [-0.05, 0) is 48.7 Å². The van der Waals surface area contributed by atoms with Crippen LogP contribution in [0.4, 0.5) is 10.8 Å². The number of nitrogens with one attached hydrogen (secondary N) is 1. The van der Waals surface area contributed by atoms with Gasteiger partial charge in [0.2, 0.25) is 5.13 Å². The normalized spacial score (nSPS) is 15.8. The zero-order valence-electron chi connectivity index (χ0n) is 20.6. The third-order valence-corrected chi connectivity index (χ3v) is 8.39. The molecule has 0 saturated carbocycles. The lowest BCUT2D eigenvalue weighted by molar-refractivity contribution is -0.384. The summed E-state index contributed by atoms with van der Waals surface area (Å²) in [5.41, 5.74) is 3.71. The molecule has 13 heteroatoms. The van der Waals surface area contributed by atoms with Gasteiger partial charge in [-0.25, -0.2) is 0 Å². The minimum absolute atomic E-state index is 0.141. The molecule has 1 amide bonds. The van der Waals surface area contributed by atoms with Crippen molar-refractivity contribution in [2.24, 2.45) is 0 Å². The fourth-order valence-corrected chi connectivity index (χ4v) is 6.52. The number of ether oxygens (including phenoxy) is 1. The molecule has 4 aromatic rings. The third-order valence-electron chi connectivity index (χ3n) is 6.21. The quantitative estimate of drug-likeness (QED) is 0.184. The largest absolute Gasteiger partial charge is 0.496 e. The Morgan fingerprint density at radius 2 is 2.08 bits per heavy atom. The zero-order chi connectivity index (χ0) is 27.7. The molecule has 5 rings (SSSR count). The molecule has 0 spiro atoms. The maximum Gasteiger partial charge on any atom is 0.270 e. The number of nitriles is 1. The van der Waals surface area contributed by atoms with Crippen LogP contribution in [-0.4, -0.2) is 43.5 Å². The van der Waals surface area contributed by atoms with Gasteiger partial charge in [0.15, 0.2) is 4.34 Å². The minimum atomic E-state index is -0.717. The Bertz CT molecular complexity index is 1650. The van der Waals surface area contributed by atoms with Gasteiger partial charge in [0.05, 0.1) is 35.3 Å². The van der Waals surface area contributed by atoms with Gasteiger partial charge in [0.1, 0.15) is 5.75 Å². The average Bonchev–Trinajstić information content (AvgIpc) is 3.50. The first-order valence-electron chi connectivity index (χ1n) is 11.6. The van der Waals surface area contributed by atoms with Gasteiger partial charge in [-0.15, -0.1) is 10.2 Å². The second-order valence-electron chi connectivity index (χ2n) is 8.67. The topological polar surface area (TPSA) is 164 Å². The number of methoxy groups -OCH3 is 1. The van der Waals surface area contributed by atoms with Crippen molar-refractivity contribution in [2.75, 3.05) is 12.4 Å². The molecule has 2 N–H and O–H groups in total. The van der Waals surface area contributed by atoms with Gasteiger partial charge in [-0.1, -0.05) is 29.2 Å². The monoisotopic (exact) mass is 560 g/mol. The van der Waals surface area contributed by atoms with Crippen molar-refractivity contribution < 1.29 is 19.6 Å². The molecule has 1 aliphatic carbocycles. The highest BCUT2D eigenvalue weighted by Gasteiger charge is 2.33. The summed E-state index contributed by atoms with van der Waals surface area (Å²) in [5.74, 6) is -0.149. The third kappa shape index (κ3) is 5.30. The van der Waals surface area contributed by atoms with Crippen molar-refractivity contribution >= 4 is 39.8 Å². The lowest BCUT2D eigenvalue weighted by atomic mass is 9.98. The number of rotatable bonds is 7. The van der Waals surface area contributed by atoms with Crippen LogP contribution in [0, 0.1) is 28.4 Å². The van der Waals surface area contributed by atoms with Crippen LogP contribution >= 0.6 is 23.1 Å². The van der Waals surface area contributed by atoms with Gasteiger partial charge in [-0.2, -0.15) is 5.26 Å². The number of amides is 1. The molecule has 0 unspecified atom stereocenters. The van der Waals surface area contributed by atoms with E-state index in [1.54, 1.807) is 31.2 Å². The molecule has 11 nitrogen and oxygen atoms in total. The Balaban J connectivity index is 1.36. The minimum Gasteiger partial charge on any atom is -0.496 e. The fraction of sp³-hybridized carbons (Fsp3) is 0.192. The number of nitro benzene ring substituents is 1. The number of fused-ring (bicyclic) bond motifs is 1. The molecule has 2 aromatic heterocycles. The highest BCUT2D eigenvalue weighted by molar-refractivity contribution is 8.01. The van der Waals surface area contributed by atoms with E-state index in [-0.39, 0.29) is 21.6 Å². The molecule has 0 fully saturated rings. The molecule has 0 saturated heterocycles. The molecule has 0 radical (unpaired) electrons. The van der Waals surface area contributed by atoms with E-state index in [0.29, 0.717) is 38.9 Å². The number of anilines is 1. The van der Waals surface area contributed by atoms with Gasteiger partial charge in [0.25, 0.3) is 11.6 Å². The van der Waals surface area contributed by atoms with Crippen LogP contribution in [-0.2, 0) is 6.42 Å². The average molecular weight is 561 g/mol. The van der Waals surface area contributed by atoms with Crippen LogP contribution in [0.2, 0.25) is 0 Å². The van der Waals surface area contributed by atoms with Gasteiger partial charge < -0.3 is 9.84 Å². The SMILES string of the molecule is COc1ccc([N+](=O)[O-])cc1-c1cc(C)ncc1C(=O)Nc1nnc(S[C@H]2Cc3cc(C#N)ccc3[C@H]2O)s1. The van der Waals surface area contributed by atoms with Gasteiger partial charge in [-0.3, -0.25) is 25.2 Å². The molecule has 39 heavy (non-hydrogen) atoms. The number of aromatic nitrogens is 3. The van der Waals surface area contributed by atoms with Gasteiger partial charge in [0, 0.05) is 40.4 Å². The van der Waals surface area contributed by atoms with Crippen molar-refractivity contribution in [3.8, 4) is 22.9 Å². The van der Waals surface area contributed by atoms with Crippen LogP contribution in [0.5, 0.6) is 5.75 Å². The van der Waals surface area contributed by atoms with E-state index < -0.39 is 16.9 Å². The molecule has 2 heterocycles. The predicted molar refractivity (Wildman–Crippen MR) is 145 cm³/mol. The fourth-order valence-electron chi connectivity index (χ4n) is 4.36. The van der Waals surface area contributed by atoms with E-state index in [0.717, 1.165) is 22.5 Å². The number of nitrogens with zero attached hydrogens (tertiary/aromatic N) is 5.